The Hall–Kier alpha value is -1.50. The van der Waals surface area contributed by atoms with E-state index >= 15 is 0 Å². The summed E-state index contributed by atoms with van der Waals surface area (Å²) < 4.78 is 12.0. The average molecular weight is 396 g/mol. The van der Waals surface area contributed by atoms with Gasteiger partial charge < -0.3 is 19.7 Å². The second kappa shape index (κ2) is 10.00. The zero-order valence-corrected chi connectivity index (χ0v) is 16.7. The molecule has 0 saturated carbocycles. The minimum atomic E-state index is 0.563. The number of thiazole rings is 1. The zero-order valence-electron chi connectivity index (χ0n) is 15.2. The van der Waals surface area contributed by atoms with Crippen molar-refractivity contribution in [1.29, 1.82) is 0 Å². The Balaban J connectivity index is 1.46. The predicted octanol–water partition coefficient (Wildman–Crippen LogP) is 4.67. The van der Waals surface area contributed by atoms with E-state index in [1.54, 1.807) is 13.3 Å². The van der Waals surface area contributed by atoms with Crippen molar-refractivity contribution in [3.8, 4) is 11.5 Å². The van der Waals surface area contributed by atoms with Gasteiger partial charge in [-0.1, -0.05) is 18.0 Å². The number of ether oxygens (including phenoxy) is 2. The van der Waals surface area contributed by atoms with Crippen LogP contribution in [0.4, 0.5) is 5.69 Å². The normalized spacial score (nSPS) is 15.0. The standard InChI is InChI=1S/C19H26ClN3O2S/c1-24-18-12-15(21-13-16-14-22-19(20)26-16)6-7-17(18)25-11-5-10-23-8-3-2-4-9-23/h6-7,12,14,21H,2-5,8-11,13H2,1H3. The van der Waals surface area contributed by atoms with Crippen molar-refractivity contribution in [1.82, 2.24) is 9.88 Å². The molecule has 1 aliphatic rings. The second-order valence-corrected chi connectivity index (χ2v) is 8.10. The van der Waals surface area contributed by atoms with Crippen molar-refractivity contribution < 1.29 is 9.47 Å². The molecule has 142 valence electrons. The molecule has 0 amide bonds. The van der Waals surface area contributed by atoms with Crippen LogP contribution in [-0.2, 0) is 6.54 Å². The van der Waals surface area contributed by atoms with E-state index in [2.05, 4.69) is 15.2 Å². The Morgan fingerprint density at radius 3 is 2.81 bits per heavy atom. The van der Waals surface area contributed by atoms with Gasteiger partial charge in [-0.05, 0) is 44.5 Å². The van der Waals surface area contributed by atoms with E-state index in [1.807, 2.05) is 18.2 Å². The molecule has 1 aliphatic heterocycles. The maximum absolute atomic E-state index is 5.94. The monoisotopic (exact) mass is 395 g/mol. The number of benzene rings is 1. The van der Waals surface area contributed by atoms with Crippen molar-refractivity contribution in [2.24, 2.45) is 0 Å². The lowest BCUT2D eigenvalue weighted by molar-refractivity contribution is 0.203. The molecule has 0 aliphatic carbocycles. The maximum Gasteiger partial charge on any atom is 0.183 e. The Bertz CT molecular complexity index is 689. The van der Waals surface area contributed by atoms with E-state index in [0.717, 1.165) is 35.0 Å². The Morgan fingerprint density at radius 1 is 1.23 bits per heavy atom. The van der Waals surface area contributed by atoms with Crippen LogP contribution >= 0.6 is 22.9 Å². The fourth-order valence-corrected chi connectivity index (χ4v) is 4.02. The van der Waals surface area contributed by atoms with Gasteiger partial charge >= 0.3 is 0 Å². The smallest absolute Gasteiger partial charge is 0.183 e. The summed E-state index contributed by atoms with van der Waals surface area (Å²) in [5, 5.41) is 3.36. The summed E-state index contributed by atoms with van der Waals surface area (Å²) in [5.41, 5.74) is 0.979. The van der Waals surface area contributed by atoms with Crippen molar-refractivity contribution in [3.05, 3.63) is 33.7 Å². The molecule has 1 aromatic heterocycles. The number of rotatable bonds is 9. The van der Waals surface area contributed by atoms with Gasteiger partial charge in [0, 0.05) is 29.4 Å². The molecular formula is C19H26ClN3O2S. The number of nitrogens with one attached hydrogen (secondary N) is 1. The van der Waals surface area contributed by atoms with E-state index < -0.39 is 0 Å². The molecule has 1 N–H and O–H groups in total. The van der Waals surface area contributed by atoms with Gasteiger partial charge in [-0.2, -0.15) is 0 Å². The van der Waals surface area contributed by atoms with Gasteiger partial charge in [0.05, 0.1) is 20.3 Å². The molecule has 0 bridgehead atoms. The molecule has 0 atom stereocenters. The number of hydrogen-bond donors (Lipinski definition) is 1. The van der Waals surface area contributed by atoms with Gasteiger partial charge in [0.15, 0.2) is 16.0 Å². The van der Waals surface area contributed by atoms with Crippen LogP contribution in [-0.4, -0.2) is 43.2 Å². The molecule has 0 spiro atoms. The quantitative estimate of drug-likeness (QED) is 0.625. The third-order valence-corrected chi connectivity index (χ3v) is 5.60. The number of hydrogen-bond acceptors (Lipinski definition) is 6. The van der Waals surface area contributed by atoms with Crippen LogP contribution in [0.15, 0.2) is 24.4 Å². The van der Waals surface area contributed by atoms with Gasteiger partial charge in [-0.15, -0.1) is 11.3 Å². The average Bonchev–Trinajstić information content (AvgIpc) is 3.10. The number of halogens is 1. The Morgan fingerprint density at radius 2 is 2.08 bits per heavy atom. The molecule has 26 heavy (non-hydrogen) atoms. The van der Waals surface area contributed by atoms with Crippen LogP contribution in [0.25, 0.3) is 0 Å². The molecular weight excluding hydrogens is 370 g/mol. The van der Waals surface area contributed by atoms with E-state index in [0.29, 0.717) is 17.6 Å². The van der Waals surface area contributed by atoms with E-state index in [-0.39, 0.29) is 0 Å². The highest BCUT2D eigenvalue weighted by Crippen LogP contribution is 2.31. The number of methoxy groups -OCH3 is 1. The van der Waals surface area contributed by atoms with Crippen LogP contribution in [0.1, 0.15) is 30.6 Å². The summed E-state index contributed by atoms with van der Waals surface area (Å²) in [5.74, 6) is 1.54. The molecule has 1 saturated heterocycles. The number of likely N-dealkylation sites (tertiary alicyclic amines) is 1. The van der Waals surface area contributed by atoms with E-state index in [9.17, 15) is 0 Å². The first kappa shape index (κ1) is 19.3. The maximum atomic E-state index is 5.94. The van der Waals surface area contributed by atoms with E-state index in [4.69, 9.17) is 21.1 Å². The van der Waals surface area contributed by atoms with Crippen LogP contribution in [0.3, 0.4) is 0 Å². The van der Waals surface area contributed by atoms with Gasteiger partial charge in [0.1, 0.15) is 0 Å². The summed E-state index contributed by atoms with van der Waals surface area (Å²) >= 11 is 7.34. The van der Waals surface area contributed by atoms with Crippen LogP contribution in [0.5, 0.6) is 11.5 Å². The summed E-state index contributed by atoms with van der Waals surface area (Å²) in [6, 6.07) is 5.93. The van der Waals surface area contributed by atoms with Gasteiger partial charge in [0.2, 0.25) is 0 Å². The van der Waals surface area contributed by atoms with Gasteiger partial charge in [-0.3, -0.25) is 0 Å². The highest BCUT2D eigenvalue weighted by molar-refractivity contribution is 7.15. The first-order chi connectivity index (χ1) is 12.7. The predicted molar refractivity (Wildman–Crippen MR) is 108 cm³/mol. The van der Waals surface area contributed by atoms with Crippen molar-refractivity contribution in [2.75, 3.05) is 38.7 Å². The summed E-state index contributed by atoms with van der Waals surface area (Å²) in [7, 11) is 1.67. The first-order valence-corrected chi connectivity index (χ1v) is 10.3. The lowest BCUT2D eigenvalue weighted by Gasteiger charge is -2.26. The lowest BCUT2D eigenvalue weighted by atomic mass is 10.1. The van der Waals surface area contributed by atoms with Crippen LogP contribution in [0.2, 0.25) is 4.47 Å². The van der Waals surface area contributed by atoms with E-state index in [1.165, 1.54) is 43.7 Å². The first-order valence-electron chi connectivity index (χ1n) is 9.12. The minimum Gasteiger partial charge on any atom is -0.493 e. The second-order valence-electron chi connectivity index (χ2n) is 6.40. The van der Waals surface area contributed by atoms with Crippen molar-refractivity contribution >= 4 is 28.6 Å². The highest BCUT2D eigenvalue weighted by atomic mass is 35.5. The number of nitrogens with zero attached hydrogens (tertiary/aromatic N) is 2. The molecule has 1 fully saturated rings. The Kier molecular flexibility index (Phi) is 7.41. The van der Waals surface area contributed by atoms with Crippen molar-refractivity contribution in [2.45, 2.75) is 32.2 Å². The topological polar surface area (TPSA) is 46.6 Å². The van der Waals surface area contributed by atoms with Gasteiger partial charge in [0.25, 0.3) is 0 Å². The largest absolute Gasteiger partial charge is 0.493 e. The molecule has 0 unspecified atom stereocenters. The molecule has 1 aromatic carbocycles. The number of aromatic nitrogens is 1. The SMILES string of the molecule is COc1cc(NCc2cnc(Cl)s2)ccc1OCCCN1CCCCC1. The zero-order chi connectivity index (χ0) is 18.2. The molecule has 7 heteroatoms. The molecule has 3 rings (SSSR count). The number of piperidine rings is 1. The fourth-order valence-electron chi connectivity index (χ4n) is 3.10. The summed E-state index contributed by atoms with van der Waals surface area (Å²) in [4.78, 5) is 7.67. The minimum absolute atomic E-state index is 0.563. The molecule has 0 radical (unpaired) electrons. The summed E-state index contributed by atoms with van der Waals surface area (Å²) in [6.45, 7) is 4.96. The summed E-state index contributed by atoms with van der Waals surface area (Å²) in [6.07, 6.45) is 6.86. The lowest BCUT2D eigenvalue weighted by Crippen LogP contribution is -2.31. The third-order valence-electron chi connectivity index (χ3n) is 4.48. The fraction of sp³-hybridized carbons (Fsp3) is 0.526. The molecule has 2 heterocycles. The number of anilines is 1. The Labute approximate surface area is 164 Å². The van der Waals surface area contributed by atoms with Crippen molar-refractivity contribution in [3.63, 3.8) is 0 Å². The highest BCUT2D eigenvalue weighted by Gasteiger charge is 2.10. The molecule has 5 nitrogen and oxygen atoms in total. The molecule has 2 aromatic rings. The van der Waals surface area contributed by atoms with Crippen LogP contribution in [0, 0.1) is 0 Å². The van der Waals surface area contributed by atoms with Gasteiger partial charge in [-0.25, -0.2) is 4.98 Å². The van der Waals surface area contributed by atoms with Crippen LogP contribution < -0.4 is 14.8 Å². The third kappa shape index (κ3) is 5.76.